The Labute approximate surface area is 462 Å². The summed E-state index contributed by atoms with van der Waals surface area (Å²) in [5, 5.41) is 9.95. The lowest BCUT2D eigenvalue weighted by molar-refractivity contribution is 1.16. The molecule has 0 radical (unpaired) electrons. The monoisotopic (exact) mass is 1020 g/mol. The van der Waals surface area contributed by atoms with Gasteiger partial charge in [-0.2, -0.15) is 0 Å². The quantitative estimate of drug-likeness (QED) is 0.122. The molecule has 2 aliphatic rings. The zero-order valence-corrected chi connectivity index (χ0v) is 43.7. The van der Waals surface area contributed by atoms with Gasteiger partial charge in [-0.15, -0.1) is 0 Å². The molecule has 0 amide bonds. The zero-order valence-electron chi connectivity index (χ0n) is 42.9. The molecule has 0 bridgehead atoms. The van der Waals surface area contributed by atoms with E-state index in [0.29, 0.717) is 0 Å². The van der Waals surface area contributed by atoms with Gasteiger partial charge in [0.25, 0.3) is 0 Å². The van der Waals surface area contributed by atoms with Gasteiger partial charge in [-0.1, -0.05) is 230 Å². The Kier molecular flexibility index (Phi) is 9.74. The third kappa shape index (κ3) is 6.64. The molecule has 13 aromatic carbocycles. The molecular weight excluding hydrogens is 974 g/mol. The van der Waals surface area contributed by atoms with Gasteiger partial charge >= 0.3 is 0 Å². The van der Waals surface area contributed by atoms with E-state index in [9.17, 15) is 0 Å². The summed E-state index contributed by atoms with van der Waals surface area (Å²) in [5.74, 6) is 0. The molecule has 0 saturated carbocycles. The topological polar surface area (TPSA) is 13.1 Å². The number of benzene rings is 13. The Bertz CT molecular complexity index is 4800. The first-order chi connectivity index (χ1) is 39.2. The summed E-state index contributed by atoms with van der Waals surface area (Å²) in [6, 6.07) is 104. The molecule has 5 heteroatoms. The van der Waals surface area contributed by atoms with Crippen LogP contribution in [-0.4, -0.2) is 15.8 Å². The van der Waals surface area contributed by atoms with Gasteiger partial charge in [0.15, 0.2) is 0 Å². The van der Waals surface area contributed by atoms with Gasteiger partial charge in [-0.05, 0) is 121 Å². The first-order valence-electron chi connectivity index (χ1n) is 27.3. The van der Waals surface area contributed by atoms with Gasteiger partial charge in [-0.3, -0.25) is 0 Å². The van der Waals surface area contributed by atoms with Crippen LogP contribution >= 0.6 is 11.8 Å². The van der Waals surface area contributed by atoms with E-state index in [1.54, 1.807) is 0 Å². The summed E-state index contributed by atoms with van der Waals surface area (Å²) in [6.07, 6.45) is 0. The van der Waals surface area contributed by atoms with Crippen LogP contribution in [0.4, 0.5) is 17.1 Å². The Morgan fingerprint density at radius 2 is 0.759 bits per heavy atom. The second kappa shape index (κ2) is 17.4. The molecule has 0 unspecified atom stereocenters. The molecule has 2 aromatic heterocycles. The predicted molar refractivity (Wildman–Crippen MR) is 336 cm³/mol. The summed E-state index contributed by atoms with van der Waals surface area (Å²) in [7, 11) is 0. The van der Waals surface area contributed by atoms with Crippen molar-refractivity contribution in [3.63, 3.8) is 0 Å². The maximum Gasteiger partial charge on any atom is 0.249 e. The molecule has 2 aliphatic heterocycles. The van der Waals surface area contributed by atoms with Crippen molar-refractivity contribution >= 4 is 117 Å². The number of fused-ring (bicyclic) bond motifs is 12. The third-order valence-corrected chi connectivity index (χ3v) is 18.0. The highest BCUT2D eigenvalue weighted by Crippen LogP contribution is 2.52. The molecule has 0 fully saturated rings. The minimum atomic E-state index is -0.0747. The highest BCUT2D eigenvalue weighted by atomic mass is 32.2. The van der Waals surface area contributed by atoms with Crippen LogP contribution in [0.1, 0.15) is 0 Å². The van der Waals surface area contributed by atoms with Gasteiger partial charge in [-0.25, -0.2) is 0 Å². The fourth-order valence-electron chi connectivity index (χ4n) is 13.6. The Morgan fingerprint density at radius 3 is 1.29 bits per heavy atom. The van der Waals surface area contributed by atoms with E-state index >= 15 is 0 Å². The molecule has 4 heterocycles. The number of hydrogen-bond donors (Lipinski definition) is 0. The zero-order chi connectivity index (χ0) is 51.7. The molecule has 366 valence electrons. The summed E-state index contributed by atoms with van der Waals surface area (Å²) < 4.78 is 4.94. The molecule has 0 aliphatic carbocycles. The number of nitrogens with zero attached hydrogens (tertiary/aromatic N) is 3. The van der Waals surface area contributed by atoms with Gasteiger partial charge in [0, 0.05) is 65.2 Å². The van der Waals surface area contributed by atoms with Crippen LogP contribution in [0.25, 0.3) is 110 Å². The molecule has 0 atom stereocenters. The number of anilines is 3. The minimum Gasteiger partial charge on any atom is -0.310 e. The van der Waals surface area contributed by atoms with Crippen molar-refractivity contribution in [1.82, 2.24) is 9.13 Å². The summed E-state index contributed by atoms with van der Waals surface area (Å²) >= 11 is 1.92. The van der Waals surface area contributed by atoms with E-state index in [1.165, 1.54) is 130 Å². The molecule has 0 spiro atoms. The van der Waals surface area contributed by atoms with Crippen LogP contribution in [0, 0.1) is 0 Å². The number of para-hydroxylation sites is 5. The normalized spacial score (nSPS) is 12.7. The SMILES string of the molecule is c1ccc(-c2cccc(-c3ccccc3)c2N2c3cc(-n4c5ccccc5c5ccccc54)ccc3B3c4ccc(-n5c6ccccc6c6ccccc65)cc4Sc4cc(-c5c6ccccc6cc6ccccc56)cc2c43)cc1. The maximum absolute atomic E-state index is 2.67. The molecular formula is C74H46BN3S. The minimum absolute atomic E-state index is 0.0747. The molecule has 17 rings (SSSR count). The second-order valence-corrected chi connectivity index (χ2v) is 22.2. The van der Waals surface area contributed by atoms with Crippen LogP contribution in [0.15, 0.2) is 289 Å². The van der Waals surface area contributed by atoms with Crippen molar-refractivity contribution in [3.05, 3.63) is 279 Å². The molecule has 79 heavy (non-hydrogen) atoms. The van der Waals surface area contributed by atoms with E-state index in [-0.39, 0.29) is 6.71 Å². The van der Waals surface area contributed by atoms with E-state index < -0.39 is 0 Å². The third-order valence-electron chi connectivity index (χ3n) is 16.9. The fourth-order valence-corrected chi connectivity index (χ4v) is 14.8. The van der Waals surface area contributed by atoms with Crippen molar-refractivity contribution < 1.29 is 0 Å². The molecule has 3 nitrogen and oxygen atoms in total. The van der Waals surface area contributed by atoms with E-state index in [4.69, 9.17) is 0 Å². The van der Waals surface area contributed by atoms with Gasteiger partial charge in [0.05, 0.1) is 27.8 Å². The molecule has 0 saturated heterocycles. The van der Waals surface area contributed by atoms with Gasteiger partial charge in [0.2, 0.25) is 6.71 Å². The van der Waals surface area contributed by atoms with E-state index in [2.05, 4.69) is 293 Å². The highest BCUT2D eigenvalue weighted by molar-refractivity contribution is 8.00. The van der Waals surface area contributed by atoms with Gasteiger partial charge < -0.3 is 14.0 Å². The lowest BCUT2D eigenvalue weighted by Gasteiger charge is -2.42. The van der Waals surface area contributed by atoms with Crippen LogP contribution in [0.3, 0.4) is 0 Å². The summed E-state index contributed by atoms with van der Waals surface area (Å²) in [6.45, 7) is -0.0747. The predicted octanol–water partition coefficient (Wildman–Crippen LogP) is 18.0. The number of rotatable bonds is 6. The fraction of sp³-hybridized carbons (Fsp3) is 0. The average molecular weight is 1020 g/mol. The van der Waals surface area contributed by atoms with Crippen molar-refractivity contribution in [2.24, 2.45) is 0 Å². The van der Waals surface area contributed by atoms with Crippen molar-refractivity contribution in [3.8, 4) is 44.8 Å². The van der Waals surface area contributed by atoms with E-state index in [0.717, 1.165) is 22.7 Å². The maximum atomic E-state index is 2.67. The van der Waals surface area contributed by atoms with Gasteiger partial charge in [0.1, 0.15) is 0 Å². The standard InChI is InChI=1S/C74H46BN3S/c1-3-20-47(21-4-1)56-32-19-33-57(48-22-5-2-6-23-48)74(56)78-68-45-52(76-64-34-15-11-28-58(64)59-29-12-16-35-65(59)76)38-40-62(68)75-63-41-39-53(77-66-36-17-13-30-60(66)61-31-14-18-37-67(61)77)46-70(63)79-71-44-51(43-69(78)73(71)75)72-54-26-9-7-24-49(54)42-50-25-8-10-27-55(50)72/h1-46H. The number of hydrogen-bond acceptors (Lipinski definition) is 2. The molecule has 15 aromatic rings. The van der Waals surface area contributed by atoms with Crippen molar-refractivity contribution in [2.45, 2.75) is 9.79 Å². The summed E-state index contributed by atoms with van der Waals surface area (Å²) in [4.78, 5) is 5.20. The second-order valence-electron chi connectivity index (χ2n) is 21.1. The Morgan fingerprint density at radius 1 is 0.304 bits per heavy atom. The Hall–Kier alpha value is -9.81. The first kappa shape index (κ1) is 44.3. The molecule has 0 N–H and O–H groups in total. The van der Waals surface area contributed by atoms with Crippen molar-refractivity contribution in [2.75, 3.05) is 4.90 Å². The lowest BCUT2D eigenvalue weighted by atomic mass is 9.34. The summed E-state index contributed by atoms with van der Waals surface area (Å²) in [5.41, 5.74) is 21.6. The highest BCUT2D eigenvalue weighted by Gasteiger charge is 2.43. The first-order valence-corrected chi connectivity index (χ1v) is 28.1. The Balaban J connectivity index is 1.01. The smallest absolute Gasteiger partial charge is 0.249 e. The van der Waals surface area contributed by atoms with Crippen LogP contribution < -0.4 is 21.3 Å². The van der Waals surface area contributed by atoms with E-state index in [1.807, 2.05) is 11.8 Å². The van der Waals surface area contributed by atoms with Crippen LogP contribution in [0.5, 0.6) is 0 Å². The largest absolute Gasteiger partial charge is 0.310 e. The van der Waals surface area contributed by atoms with Crippen molar-refractivity contribution in [1.29, 1.82) is 0 Å². The lowest BCUT2D eigenvalue weighted by Crippen LogP contribution is -2.60. The van der Waals surface area contributed by atoms with Crippen LogP contribution in [0.2, 0.25) is 0 Å². The van der Waals surface area contributed by atoms with Crippen LogP contribution in [-0.2, 0) is 0 Å². The number of aromatic nitrogens is 2. The average Bonchev–Trinajstić information content (AvgIpc) is 3.96.